The van der Waals surface area contributed by atoms with Crippen LogP contribution in [0.3, 0.4) is 0 Å². The zero-order valence-electron chi connectivity index (χ0n) is 11.9. The molecule has 0 heterocycles. The highest BCUT2D eigenvalue weighted by molar-refractivity contribution is 5.33. The van der Waals surface area contributed by atoms with Gasteiger partial charge in [-0.3, -0.25) is 4.90 Å². The van der Waals surface area contributed by atoms with Crippen LogP contribution in [0.1, 0.15) is 37.8 Å². The molecule has 1 unspecified atom stereocenters. The average Bonchev–Trinajstić information content (AvgIpc) is 2.39. The first-order chi connectivity index (χ1) is 8.69. The fourth-order valence-corrected chi connectivity index (χ4v) is 1.73. The first-order valence-electron chi connectivity index (χ1n) is 6.47. The summed E-state index contributed by atoms with van der Waals surface area (Å²) in [4.78, 5) is 2.14. The van der Waals surface area contributed by atoms with Crippen LogP contribution >= 0.6 is 0 Å². The monoisotopic (exact) mass is 245 g/mol. The quantitative estimate of drug-likeness (QED) is 0.581. The molecule has 1 aromatic rings. The van der Waals surface area contributed by atoms with E-state index < -0.39 is 0 Å². The highest BCUT2D eigenvalue weighted by Gasteiger charge is 2.10. The normalized spacial score (nSPS) is 11.8. The van der Waals surface area contributed by atoms with Crippen LogP contribution in [0, 0.1) is 11.8 Å². The average molecular weight is 245 g/mol. The van der Waals surface area contributed by atoms with Gasteiger partial charge in [0.15, 0.2) is 0 Å². The molecule has 0 bridgehead atoms. The number of hydrogen-bond acceptors (Lipinski definition) is 2. The summed E-state index contributed by atoms with van der Waals surface area (Å²) in [5, 5.41) is 0. The Morgan fingerprint density at radius 1 is 1.22 bits per heavy atom. The van der Waals surface area contributed by atoms with E-state index in [1.807, 2.05) is 12.1 Å². The summed E-state index contributed by atoms with van der Waals surface area (Å²) in [5.74, 6) is 7.50. The maximum atomic E-state index is 5.17. The molecule has 0 aliphatic heterocycles. The van der Waals surface area contributed by atoms with E-state index in [-0.39, 0.29) is 6.04 Å². The third-order valence-corrected chi connectivity index (χ3v) is 2.84. The number of hydrogen-bond donors (Lipinski definition) is 0. The van der Waals surface area contributed by atoms with Crippen molar-refractivity contribution in [1.82, 2.24) is 4.90 Å². The molecule has 98 valence electrons. The molecule has 0 N–H and O–H groups in total. The molecule has 0 spiro atoms. The summed E-state index contributed by atoms with van der Waals surface area (Å²) < 4.78 is 5.17. The highest BCUT2D eigenvalue weighted by atomic mass is 16.5. The van der Waals surface area contributed by atoms with Crippen LogP contribution in [0.15, 0.2) is 24.3 Å². The molecule has 1 aromatic carbocycles. The fourth-order valence-electron chi connectivity index (χ4n) is 1.73. The Morgan fingerprint density at radius 3 is 2.39 bits per heavy atom. The predicted octanol–water partition coefficient (Wildman–Crippen LogP) is 3.49. The second-order valence-electron chi connectivity index (χ2n) is 4.56. The molecular formula is C16H23NO. The molecule has 0 saturated heterocycles. The van der Waals surface area contributed by atoms with E-state index in [1.165, 1.54) is 18.4 Å². The van der Waals surface area contributed by atoms with Gasteiger partial charge in [0.2, 0.25) is 0 Å². The van der Waals surface area contributed by atoms with Crippen LogP contribution in [-0.2, 0) is 0 Å². The fraction of sp³-hybridized carbons (Fsp3) is 0.500. The maximum absolute atomic E-state index is 5.17. The number of benzene rings is 1. The first-order valence-corrected chi connectivity index (χ1v) is 6.47. The number of methoxy groups -OCH3 is 1. The summed E-state index contributed by atoms with van der Waals surface area (Å²) in [6.45, 7) is 2.19. The van der Waals surface area contributed by atoms with Gasteiger partial charge < -0.3 is 4.74 Å². The summed E-state index contributed by atoms with van der Waals surface area (Å²) in [6.07, 6.45) is 3.36. The van der Waals surface area contributed by atoms with E-state index in [0.717, 1.165) is 12.2 Å². The van der Waals surface area contributed by atoms with E-state index in [1.54, 1.807) is 7.11 Å². The van der Waals surface area contributed by atoms with Crippen molar-refractivity contribution in [2.45, 2.75) is 32.2 Å². The molecule has 18 heavy (non-hydrogen) atoms. The zero-order valence-corrected chi connectivity index (χ0v) is 11.9. The summed E-state index contributed by atoms with van der Waals surface area (Å²) in [7, 11) is 5.80. The van der Waals surface area contributed by atoms with Gasteiger partial charge in [0.1, 0.15) is 5.75 Å². The molecule has 0 radical (unpaired) electrons. The van der Waals surface area contributed by atoms with Crippen molar-refractivity contribution >= 4 is 0 Å². The number of nitrogens with zero attached hydrogens (tertiary/aromatic N) is 1. The smallest absolute Gasteiger partial charge is 0.118 e. The van der Waals surface area contributed by atoms with Gasteiger partial charge in [0.25, 0.3) is 0 Å². The molecule has 1 rings (SSSR count). The number of rotatable bonds is 5. The third kappa shape index (κ3) is 4.43. The largest absolute Gasteiger partial charge is 0.497 e. The van der Waals surface area contributed by atoms with Gasteiger partial charge in [-0.15, -0.1) is 5.92 Å². The first kappa shape index (κ1) is 14.6. The lowest BCUT2D eigenvalue weighted by Crippen LogP contribution is -2.18. The van der Waals surface area contributed by atoms with Gasteiger partial charge in [0, 0.05) is 6.42 Å². The van der Waals surface area contributed by atoms with Crippen LogP contribution in [0.2, 0.25) is 0 Å². The van der Waals surface area contributed by atoms with Crippen molar-refractivity contribution in [2.75, 3.05) is 21.2 Å². The van der Waals surface area contributed by atoms with Crippen molar-refractivity contribution in [3.63, 3.8) is 0 Å². The molecule has 0 saturated carbocycles. The Labute approximate surface area is 111 Å². The van der Waals surface area contributed by atoms with Crippen molar-refractivity contribution in [3.8, 4) is 17.6 Å². The minimum absolute atomic E-state index is 0.160. The molecule has 0 aliphatic rings. The summed E-state index contributed by atoms with van der Waals surface area (Å²) in [6, 6.07) is 8.29. The molecule has 0 aliphatic carbocycles. The lowest BCUT2D eigenvalue weighted by molar-refractivity contribution is 0.360. The Morgan fingerprint density at radius 2 is 1.89 bits per heavy atom. The lowest BCUT2D eigenvalue weighted by atomic mass is 10.1. The van der Waals surface area contributed by atoms with E-state index in [4.69, 9.17) is 4.74 Å². The van der Waals surface area contributed by atoms with Gasteiger partial charge >= 0.3 is 0 Å². The van der Waals surface area contributed by atoms with Crippen molar-refractivity contribution in [3.05, 3.63) is 29.8 Å². The molecule has 0 fully saturated rings. The number of unbranched alkanes of at least 4 members (excludes halogenated alkanes) is 2. The standard InChI is InChI=1S/C16H23NO/c1-5-6-7-8-9-16(17(2)3)14-10-12-15(18-4)13-11-14/h10-13,16H,5-7H2,1-4H3. The Balaban J connectivity index is 2.79. The molecule has 1 atom stereocenters. The zero-order chi connectivity index (χ0) is 13.4. The van der Waals surface area contributed by atoms with Crippen LogP contribution in [-0.4, -0.2) is 26.1 Å². The van der Waals surface area contributed by atoms with Crippen LogP contribution in [0.5, 0.6) is 5.75 Å². The van der Waals surface area contributed by atoms with Crippen LogP contribution < -0.4 is 4.74 Å². The lowest BCUT2D eigenvalue weighted by Gasteiger charge is -2.19. The SMILES string of the molecule is CCCCC#CC(c1ccc(OC)cc1)N(C)C. The van der Waals surface area contributed by atoms with E-state index >= 15 is 0 Å². The molecule has 2 heteroatoms. The summed E-state index contributed by atoms with van der Waals surface area (Å²) >= 11 is 0. The number of ether oxygens (including phenoxy) is 1. The molecule has 0 aromatic heterocycles. The Hall–Kier alpha value is -1.46. The van der Waals surface area contributed by atoms with E-state index in [2.05, 4.69) is 49.9 Å². The second kappa shape index (κ2) is 7.79. The molecular weight excluding hydrogens is 222 g/mol. The Bertz CT molecular complexity index is 397. The van der Waals surface area contributed by atoms with E-state index in [9.17, 15) is 0 Å². The minimum Gasteiger partial charge on any atom is -0.497 e. The maximum Gasteiger partial charge on any atom is 0.118 e. The van der Waals surface area contributed by atoms with Gasteiger partial charge in [-0.05, 0) is 38.2 Å². The van der Waals surface area contributed by atoms with Crippen LogP contribution in [0.4, 0.5) is 0 Å². The predicted molar refractivity (Wildman–Crippen MR) is 76.7 cm³/mol. The Kier molecular flexibility index (Phi) is 6.32. The van der Waals surface area contributed by atoms with Gasteiger partial charge in [-0.1, -0.05) is 31.4 Å². The molecule has 2 nitrogen and oxygen atoms in total. The van der Waals surface area contributed by atoms with Crippen LogP contribution in [0.25, 0.3) is 0 Å². The topological polar surface area (TPSA) is 12.5 Å². The van der Waals surface area contributed by atoms with Crippen molar-refractivity contribution < 1.29 is 4.74 Å². The molecule has 0 amide bonds. The van der Waals surface area contributed by atoms with E-state index in [0.29, 0.717) is 0 Å². The highest BCUT2D eigenvalue weighted by Crippen LogP contribution is 2.20. The van der Waals surface area contributed by atoms with Crippen molar-refractivity contribution in [2.24, 2.45) is 0 Å². The minimum atomic E-state index is 0.160. The van der Waals surface area contributed by atoms with Gasteiger partial charge in [0.05, 0.1) is 13.2 Å². The second-order valence-corrected chi connectivity index (χ2v) is 4.56. The third-order valence-electron chi connectivity index (χ3n) is 2.84. The van der Waals surface area contributed by atoms with Gasteiger partial charge in [-0.25, -0.2) is 0 Å². The summed E-state index contributed by atoms with van der Waals surface area (Å²) in [5.41, 5.74) is 1.21. The van der Waals surface area contributed by atoms with Crippen molar-refractivity contribution in [1.29, 1.82) is 0 Å². The van der Waals surface area contributed by atoms with Gasteiger partial charge in [-0.2, -0.15) is 0 Å².